The standard InChI is InChI=1S/C25H31FN6O2S/c26-20-3-1-2-4-21(20)30-11-13-32(14-12-30)24(33)16-35-23-15-22(27-17-28-23)31-9-7-18(8-10-31)25(34)29-19-5-6-19/h1-4,15,17-19H,5-14,16H2,(H,29,34). The van der Waals surface area contributed by atoms with Crippen LogP contribution in [0.5, 0.6) is 0 Å². The molecule has 1 aromatic carbocycles. The lowest BCUT2D eigenvalue weighted by Gasteiger charge is -2.36. The van der Waals surface area contributed by atoms with Gasteiger partial charge in [0.1, 0.15) is 23.0 Å². The molecule has 3 fully saturated rings. The molecule has 35 heavy (non-hydrogen) atoms. The maximum atomic E-state index is 14.0. The third-order valence-corrected chi connectivity index (χ3v) is 7.82. The molecule has 1 N–H and O–H groups in total. The number of carbonyl (C=O) groups is 2. The number of carbonyl (C=O) groups excluding carboxylic acids is 2. The summed E-state index contributed by atoms with van der Waals surface area (Å²) in [6.07, 6.45) is 5.41. The van der Waals surface area contributed by atoms with Crippen molar-refractivity contribution >= 4 is 35.1 Å². The van der Waals surface area contributed by atoms with Gasteiger partial charge in [-0.3, -0.25) is 9.59 Å². The highest BCUT2D eigenvalue weighted by molar-refractivity contribution is 7.99. The fourth-order valence-electron chi connectivity index (χ4n) is 4.63. The molecule has 0 bridgehead atoms. The fraction of sp³-hybridized carbons (Fsp3) is 0.520. The minimum Gasteiger partial charge on any atom is -0.366 e. The molecule has 10 heteroatoms. The van der Waals surface area contributed by atoms with E-state index in [1.54, 1.807) is 18.5 Å². The Labute approximate surface area is 209 Å². The Balaban J connectivity index is 1.08. The highest BCUT2D eigenvalue weighted by atomic mass is 32.2. The molecular formula is C25H31FN6O2S. The number of hydrogen-bond acceptors (Lipinski definition) is 7. The molecule has 3 aliphatic rings. The molecule has 2 saturated heterocycles. The number of piperazine rings is 1. The van der Waals surface area contributed by atoms with Crippen molar-refractivity contribution in [3.8, 4) is 0 Å². The lowest BCUT2D eigenvalue weighted by atomic mass is 9.96. The van der Waals surface area contributed by atoms with Crippen molar-refractivity contribution in [2.45, 2.75) is 36.8 Å². The molecule has 2 aromatic rings. The van der Waals surface area contributed by atoms with Crippen LogP contribution in [0.4, 0.5) is 15.9 Å². The number of aromatic nitrogens is 2. The Kier molecular flexibility index (Phi) is 7.36. The van der Waals surface area contributed by atoms with Crippen LogP contribution < -0.4 is 15.1 Å². The zero-order valence-corrected chi connectivity index (χ0v) is 20.6. The van der Waals surface area contributed by atoms with Crippen LogP contribution in [0.2, 0.25) is 0 Å². The predicted octanol–water partition coefficient (Wildman–Crippen LogP) is 2.55. The lowest BCUT2D eigenvalue weighted by molar-refractivity contribution is -0.128. The first-order valence-electron chi connectivity index (χ1n) is 12.3. The zero-order valence-electron chi connectivity index (χ0n) is 19.7. The summed E-state index contributed by atoms with van der Waals surface area (Å²) in [5.41, 5.74) is 0.593. The van der Waals surface area contributed by atoms with Crippen molar-refractivity contribution in [3.05, 3.63) is 42.5 Å². The molecule has 8 nitrogen and oxygen atoms in total. The van der Waals surface area contributed by atoms with Gasteiger partial charge in [-0.2, -0.15) is 0 Å². The molecule has 1 aliphatic carbocycles. The molecule has 0 unspecified atom stereocenters. The number of piperidine rings is 1. The van der Waals surface area contributed by atoms with Gasteiger partial charge < -0.3 is 20.0 Å². The number of para-hydroxylation sites is 1. The fourth-order valence-corrected chi connectivity index (χ4v) is 5.40. The van der Waals surface area contributed by atoms with Crippen LogP contribution >= 0.6 is 11.8 Å². The number of rotatable bonds is 7. The zero-order chi connectivity index (χ0) is 24.2. The average molecular weight is 499 g/mol. The second kappa shape index (κ2) is 10.8. The van der Waals surface area contributed by atoms with E-state index >= 15 is 0 Å². The number of nitrogens with one attached hydrogen (secondary N) is 1. The van der Waals surface area contributed by atoms with E-state index in [0.717, 1.165) is 49.6 Å². The maximum Gasteiger partial charge on any atom is 0.233 e. The second-order valence-electron chi connectivity index (χ2n) is 9.37. The van der Waals surface area contributed by atoms with Crippen LogP contribution in [0.25, 0.3) is 0 Å². The first kappa shape index (κ1) is 23.8. The van der Waals surface area contributed by atoms with E-state index in [1.165, 1.54) is 17.8 Å². The predicted molar refractivity (Wildman–Crippen MR) is 134 cm³/mol. The van der Waals surface area contributed by atoms with E-state index in [4.69, 9.17) is 0 Å². The minimum atomic E-state index is -0.229. The first-order chi connectivity index (χ1) is 17.1. The van der Waals surface area contributed by atoms with Crippen molar-refractivity contribution in [1.29, 1.82) is 0 Å². The van der Waals surface area contributed by atoms with E-state index in [9.17, 15) is 14.0 Å². The third-order valence-electron chi connectivity index (χ3n) is 6.91. The van der Waals surface area contributed by atoms with Gasteiger partial charge in [0.05, 0.1) is 11.4 Å². The molecule has 3 heterocycles. The molecule has 1 saturated carbocycles. The monoisotopic (exact) mass is 498 g/mol. The maximum absolute atomic E-state index is 14.0. The number of amides is 2. The highest BCUT2D eigenvalue weighted by Gasteiger charge is 2.30. The van der Waals surface area contributed by atoms with Gasteiger partial charge in [-0.05, 0) is 37.8 Å². The molecule has 186 valence electrons. The highest BCUT2D eigenvalue weighted by Crippen LogP contribution is 2.27. The summed E-state index contributed by atoms with van der Waals surface area (Å²) >= 11 is 1.41. The third kappa shape index (κ3) is 6.04. The summed E-state index contributed by atoms with van der Waals surface area (Å²) in [7, 11) is 0. The van der Waals surface area contributed by atoms with Crippen molar-refractivity contribution in [3.63, 3.8) is 0 Å². The van der Waals surface area contributed by atoms with Crippen LogP contribution in [0.15, 0.2) is 41.7 Å². The van der Waals surface area contributed by atoms with Crippen molar-refractivity contribution in [2.24, 2.45) is 5.92 Å². The number of benzene rings is 1. The van der Waals surface area contributed by atoms with Gasteiger partial charge in [0.25, 0.3) is 0 Å². The Morgan fingerprint density at radius 3 is 2.43 bits per heavy atom. The topological polar surface area (TPSA) is 81.7 Å². The first-order valence-corrected chi connectivity index (χ1v) is 13.3. The Morgan fingerprint density at radius 2 is 1.71 bits per heavy atom. The van der Waals surface area contributed by atoms with Gasteiger partial charge >= 0.3 is 0 Å². The molecule has 2 amide bonds. The van der Waals surface area contributed by atoms with Crippen LogP contribution in [0.1, 0.15) is 25.7 Å². The number of thioether (sulfide) groups is 1. The Hall–Kier alpha value is -2.88. The molecule has 0 atom stereocenters. The lowest BCUT2D eigenvalue weighted by Crippen LogP contribution is -2.49. The van der Waals surface area contributed by atoms with Crippen molar-refractivity contribution in [1.82, 2.24) is 20.2 Å². The summed E-state index contributed by atoms with van der Waals surface area (Å²) in [5, 5.41) is 3.88. The van der Waals surface area contributed by atoms with Crippen LogP contribution in [0.3, 0.4) is 0 Å². The molecule has 1 aromatic heterocycles. The summed E-state index contributed by atoms with van der Waals surface area (Å²) in [4.78, 5) is 39.9. The van der Waals surface area contributed by atoms with Gasteiger partial charge in [0.15, 0.2) is 0 Å². The normalized spacial score (nSPS) is 19.1. The summed E-state index contributed by atoms with van der Waals surface area (Å²) in [6.45, 7) is 3.95. The average Bonchev–Trinajstić information content (AvgIpc) is 3.72. The van der Waals surface area contributed by atoms with E-state index in [-0.39, 0.29) is 23.5 Å². The van der Waals surface area contributed by atoms with E-state index in [0.29, 0.717) is 43.7 Å². The van der Waals surface area contributed by atoms with E-state index in [1.807, 2.05) is 21.9 Å². The van der Waals surface area contributed by atoms with E-state index < -0.39 is 0 Å². The number of halogens is 1. The van der Waals surface area contributed by atoms with Crippen LogP contribution in [-0.2, 0) is 9.59 Å². The Bertz CT molecular complexity index is 1050. The number of anilines is 2. The summed E-state index contributed by atoms with van der Waals surface area (Å²) in [6, 6.07) is 9.09. The smallest absolute Gasteiger partial charge is 0.233 e. The minimum absolute atomic E-state index is 0.0610. The SMILES string of the molecule is O=C(NC1CC1)C1CCN(c2cc(SCC(=O)N3CCN(c4ccccc4F)CC3)ncn2)CC1. The molecule has 2 aliphatic heterocycles. The molecular weight excluding hydrogens is 467 g/mol. The van der Waals surface area contributed by atoms with Gasteiger partial charge in [-0.1, -0.05) is 23.9 Å². The van der Waals surface area contributed by atoms with Crippen molar-refractivity contribution in [2.75, 3.05) is 54.8 Å². The summed E-state index contributed by atoms with van der Waals surface area (Å²) < 4.78 is 14.0. The van der Waals surface area contributed by atoms with Gasteiger partial charge in [0.2, 0.25) is 11.8 Å². The van der Waals surface area contributed by atoms with E-state index in [2.05, 4.69) is 20.2 Å². The van der Waals surface area contributed by atoms with Crippen molar-refractivity contribution < 1.29 is 14.0 Å². The molecule has 0 spiro atoms. The molecule has 5 rings (SSSR count). The summed E-state index contributed by atoms with van der Waals surface area (Å²) in [5.74, 6) is 1.26. The van der Waals surface area contributed by atoms with Gasteiger partial charge in [0, 0.05) is 57.3 Å². The van der Waals surface area contributed by atoms with Crippen LogP contribution in [0, 0.1) is 11.7 Å². The van der Waals surface area contributed by atoms with Gasteiger partial charge in [-0.15, -0.1) is 0 Å². The Morgan fingerprint density at radius 1 is 0.971 bits per heavy atom. The largest absolute Gasteiger partial charge is 0.366 e. The number of hydrogen-bond donors (Lipinski definition) is 1. The van der Waals surface area contributed by atoms with Crippen LogP contribution in [-0.4, -0.2) is 77.7 Å². The molecule has 0 radical (unpaired) electrons. The second-order valence-corrected chi connectivity index (χ2v) is 10.4. The van der Waals surface area contributed by atoms with Gasteiger partial charge in [-0.25, -0.2) is 14.4 Å². The quantitative estimate of drug-likeness (QED) is 0.464. The number of nitrogens with zero attached hydrogens (tertiary/aromatic N) is 5.